The molecular weight excluding hydrogens is 505 g/mol. The van der Waals surface area contributed by atoms with Gasteiger partial charge in [0.1, 0.15) is 23.9 Å². The Morgan fingerprint density at radius 3 is 2.67 bits per heavy atom. The highest BCUT2D eigenvalue weighted by Gasteiger charge is 2.34. The highest BCUT2D eigenvalue weighted by atomic mass is 19.1. The third kappa shape index (κ3) is 5.74. The lowest BCUT2D eigenvalue weighted by Crippen LogP contribution is -2.44. The smallest absolute Gasteiger partial charge is 0.163 e. The number of rotatable bonds is 6. The van der Waals surface area contributed by atoms with Crippen LogP contribution in [0.1, 0.15) is 81.0 Å². The summed E-state index contributed by atoms with van der Waals surface area (Å²) >= 11 is 0. The van der Waals surface area contributed by atoms with Gasteiger partial charge in [-0.3, -0.25) is 4.98 Å². The minimum atomic E-state index is -0.813. The van der Waals surface area contributed by atoms with Gasteiger partial charge in [-0.2, -0.15) is 5.26 Å². The van der Waals surface area contributed by atoms with Gasteiger partial charge in [0.15, 0.2) is 5.79 Å². The van der Waals surface area contributed by atoms with Gasteiger partial charge in [0.05, 0.1) is 23.6 Å². The van der Waals surface area contributed by atoms with E-state index < -0.39 is 5.79 Å². The Morgan fingerprint density at radius 2 is 1.98 bits per heavy atom. The lowest BCUT2D eigenvalue weighted by Gasteiger charge is -2.39. The fourth-order valence-electron chi connectivity index (χ4n) is 5.83. The van der Waals surface area contributed by atoms with E-state index in [9.17, 15) is 14.4 Å². The second kappa shape index (κ2) is 11.4. The van der Waals surface area contributed by atoms with Crippen molar-refractivity contribution >= 4 is 12.4 Å². The quantitative estimate of drug-likeness (QED) is 0.315. The Labute approximate surface area is 234 Å². The fourth-order valence-corrected chi connectivity index (χ4v) is 5.83. The number of aldehydes is 1. The largest absolute Gasteiger partial charge is 0.347 e. The fraction of sp³-hybridized carbons (Fsp3) is 0.394. The maximum absolute atomic E-state index is 14.0. The van der Waals surface area contributed by atoms with Crippen molar-refractivity contribution in [2.45, 2.75) is 83.7 Å². The molecule has 0 bridgehead atoms. The number of carbonyl (C=O) groups excluding carboxylic acids is 1. The number of aryl methyl sites for hydroxylation is 1. The summed E-state index contributed by atoms with van der Waals surface area (Å²) in [6.45, 7) is 7.95. The maximum atomic E-state index is 14.0. The molecule has 2 aliphatic rings. The van der Waals surface area contributed by atoms with Gasteiger partial charge in [0, 0.05) is 30.2 Å². The van der Waals surface area contributed by atoms with Crippen LogP contribution in [0.3, 0.4) is 0 Å². The highest BCUT2D eigenvalue weighted by molar-refractivity contribution is 5.85. The summed E-state index contributed by atoms with van der Waals surface area (Å²) in [6.07, 6.45) is 9.68. The van der Waals surface area contributed by atoms with Crippen molar-refractivity contribution in [3.05, 3.63) is 76.5 Å². The van der Waals surface area contributed by atoms with E-state index in [0.29, 0.717) is 18.5 Å². The molecule has 3 heterocycles. The van der Waals surface area contributed by atoms with Crippen molar-refractivity contribution in [1.29, 1.82) is 5.26 Å². The maximum Gasteiger partial charge on any atom is 0.163 e. The lowest BCUT2D eigenvalue weighted by molar-refractivity contribution is -0.289. The summed E-state index contributed by atoms with van der Waals surface area (Å²) in [7, 11) is 0. The molecule has 6 nitrogen and oxygen atoms in total. The van der Waals surface area contributed by atoms with Gasteiger partial charge in [-0.15, -0.1) is 0 Å². The predicted molar refractivity (Wildman–Crippen MR) is 152 cm³/mol. The van der Waals surface area contributed by atoms with Crippen LogP contribution in [-0.4, -0.2) is 34.2 Å². The third-order valence-corrected chi connectivity index (χ3v) is 7.49. The molecule has 0 N–H and O–H groups in total. The molecule has 1 aliphatic heterocycles. The van der Waals surface area contributed by atoms with Crippen molar-refractivity contribution in [3.8, 4) is 28.5 Å². The summed E-state index contributed by atoms with van der Waals surface area (Å²) in [6, 6.07) is 10.6. The van der Waals surface area contributed by atoms with E-state index in [0.717, 1.165) is 70.3 Å². The van der Waals surface area contributed by atoms with E-state index in [-0.39, 0.29) is 23.9 Å². The number of benzene rings is 1. The van der Waals surface area contributed by atoms with Crippen LogP contribution in [0.5, 0.6) is 0 Å². The number of fused-ring (bicyclic) bond motifs is 3. The number of pyridine rings is 2. The monoisotopic (exact) mass is 539 g/mol. The first-order chi connectivity index (χ1) is 19.2. The number of aromatic nitrogens is 2. The normalized spacial score (nSPS) is 20.0. The topological polar surface area (TPSA) is 85.1 Å². The molecule has 1 fully saturated rings. The molecule has 5 rings (SSSR count). The molecule has 1 aliphatic carbocycles. The molecule has 0 spiro atoms. The molecule has 1 saturated heterocycles. The first kappa shape index (κ1) is 27.8. The Balaban J connectivity index is 1.71. The van der Waals surface area contributed by atoms with E-state index in [1.54, 1.807) is 6.20 Å². The van der Waals surface area contributed by atoms with Crippen LogP contribution >= 0.6 is 0 Å². The van der Waals surface area contributed by atoms with Crippen molar-refractivity contribution < 1.29 is 18.7 Å². The van der Waals surface area contributed by atoms with Crippen LogP contribution in [0.4, 0.5) is 4.39 Å². The summed E-state index contributed by atoms with van der Waals surface area (Å²) in [4.78, 5) is 20.8. The predicted octanol–water partition coefficient (Wildman–Crippen LogP) is 6.95. The second-order valence-corrected chi connectivity index (χ2v) is 11.3. The summed E-state index contributed by atoms with van der Waals surface area (Å²) in [5, 5.41) is 9.42. The van der Waals surface area contributed by atoms with E-state index in [1.807, 2.05) is 38.1 Å². The van der Waals surface area contributed by atoms with E-state index in [4.69, 9.17) is 14.5 Å². The van der Waals surface area contributed by atoms with Crippen LogP contribution in [0.15, 0.2) is 42.6 Å². The third-order valence-electron chi connectivity index (χ3n) is 7.49. The zero-order valence-electron chi connectivity index (χ0n) is 23.4. The molecule has 7 heteroatoms. The first-order valence-electron chi connectivity index (χ1n) is 13.9. The minimum absolute atomic E-state index is 0.0945. The first-order valence-corrected chi connectivity index (χ1v) is 13.9. The Kier molecular flexibility index (Phi) is 7.93. The number of hydrogen-bond donors (Lipinski definition) is 0. The Bertz CT molecular complexity index is 1490. The molecule has 0 radical (unpaired) electrons. The zero-order valence-corrected chi connectivity index (χ0v) is 23.4. The van der Waals surface area contributed by atoms with Gasteiger partial charge in [-0.05, 0) is 79.5 Å². The molecule has 3 aromatic rings. The van der Waals surface area contributed by atoms with Crippen molar-refractivity contribution in [3.63, 3.8) is 0 Å². The second-order valence-electron chi connectivity index (χ2n) is 11.3. The number of nitriles is 1. The Morgan fingerprint density at radius 1 is 1.20 bits per heavy atom. The van der Waals surface area contributed by atoms with Crippen LogP contribution in [0, 0.1) is 17.1 Å². The van der Waals surface area contributed by atoms with Gasteiger partial charge < -0.3 is 14.3 Å². The van der Waals surface area contributed by atoms with E-state index in [1.165, 1.54) is 12.1 Å². The van der Waals surface area contributed by atoms with Gasteiger partial charge in [-0.1, -0.05) is 38.1 Å². The summed E-state index contributed by atoms with van der Waals surface area (Å²) < 4.78 is 26.2. The van der Waals surface area contributed by atoms with Gasteiger partial charge >= 0.3 is 0 Å². The molecule has 0 saturated carbocycles. The van der Waals surface area contributed by atoms with E-state index >= 15 is 0 Å². The number of carbonyl (C=O) groups is 1. The van der Waals surface area contributed by atoms with Crippen molar-refractivity contribution in [2.75, 3.05) is 0 Å². The van der Waals surface area contributed by atoms with E-state index in [2.05, 4.69) is 31.0 Å². The standard InChI is InChI=1S/C33H34FN3O3/c1-20(2)31-28(13-12-25-17-26(14-15-38)40-33(3,4)39-25)30(21-8-10-23(34)11-9-21)27-7-5-6-22-16-24(18-35)36-19-29(22)32(27)37-31/h8-13,15-16,19-20,25-26H,5-7,14,17H2,1-4H3/b13-12+/t25-,26+/m1/s1. The SMILES string of the molecule is CC(C)c1nc2c(c(-c3ccc(F)cc3)c1/C=C/[C@@H]1C[C@H](CC=O)OC(C)(C)O1)CCCc1cc(C#N)ncc1-2. The van der Waals surface area contributed by atoms with Crippen LogP contribution in [-0.2, 0) is 27.1 Å². The molecule has 206 valence electrons. The molecule has 40 heavy (non-hydrogen) atoms. The highest BCUT2D eigenvalue weighted by Crippen LogP contribution is 2.42. The average Bonchev–Trinajstić information content (AvgIpc) is 3.09. The van der Waals surface area contributed by atoms with Crippen molar-refractivity contribution in [2.24, 2.45) is 0 Å². The number of halogens is 1. The molecule has 2 atom stereocenters. The Hall–Kier alpha value is -3.73. The molecule has 0 unspecified atom stereocenters. The molecule has 1 aromatic carbocycles. The number of hydrogen-bond acceptors (Lipinski definition) is 6. The lowest BCUT2D eigenvalue weighted by atomic mass is 9.86. The summed E-state index contributed by atoms with van der Waals surface area (Å²) in [5.74, 6) is -1.01. The van der Waals surface area contributed by atoms with Crippen LogP contribution in [0.2, 0.25) is 0 Å². The number of nitrogens with zero attached hydrogens (tertiary/aromatic N) is 3. The van der Waals surface area contributed by atoms with Gasteiger partial charge in [0.25, 0.3) is 0 Å². The zero-order chi connectivity index (χ0) is 28.4. The number of ether oxygens (including phenoxy) is 2. The van der Waals surface area contributed by atoms with Crippen LogP contribution in [0.25, 0.3) is 28.5 Å². The molecule has 2 aromatic heterocycles. The minimum Gasteiger partial charge on any atom is -0.347 e. The van der Waals surface area contributed by atoms with Crippen molar-refractivity contribution in [1.82, 2.24) is 9.97 Å². The van der Waals surface area contributed by atoms with Gasteiger partial charge in [0.2, 0.25) is 0 Å². The summed E-state index contributed by atoms with van der Waals surface area (Å²) in [5.41, 5.74) is 8.21. The van der Waals surface area contributed by atoms with Crippen LogP contribution < -0.4 is 0 Å². The molecule has 0 amide bonds. The van der Waals surface area contributed by atoms with Gasteiger partial charge in [-0.25, -0.2) is 9.37 Å². The molecular formula is C33H34FN3O3. The average molecular weight is 540 g/mol.